The normalized spacial score (nSPS) is 11.9. The second-order valence-electron chi connectivity index (χ2n) is 4.42. The summed E-state index contributed by atoms with van der Waals surface area (Å²) >= 11 is 3.44. The number of Topliss-reactive ketones (excluding diaryl/α,β-unsaturated/α-hetero) is 1. The van der Waals surface area contributed by atoms with Gasteiger partial charge in [0.25, 0.3) is 0 Å². The number of hydrogen-bond donors (Lipinski definition) is 0. The van der Waals surface area contributed by atoms with Crippen molar-refractivity contribution in [3.8, 4) is 5.75 Å². The molecule has 98 valence electrons. The predicted octanol–water partition coefficient (Wildman–Crippen LogP) is 4.41. The van der Waals surface area contributed by atoms with Gasteiger partial charge in [-0.15, -0.1) is 0 Å². The number of halogens is 1. The Morgan fingerprint density at radius 2 is 1.84 bits per heavy atom. The SMILES string of the molecule is Cc1ccc(O[C@H](C)C(=O)c2ccccc2)c(Br)c1. The van der Waals surface area contributed by atoms with Crippen LogP contribution in [0.1, 0.15) is 22.8 Å². The van der Waals surface area contributed by atoms with Crippen LogP contribution in [0.5, 0.6) is 5.75 Å². The molecule has 0 saturated carbocycles. The monoisotopic (exact) mass is 318 g/mol. The molecule has 0 radical (unpaired) electrons. The van der Waals surface area contributed by atoms with E-state index in [1.807, 2.05) is 43.3 Å². The fraction of sp³-hybridized carbons (Fsp3) is 0.188. The third-order valence-electron chi connectivity index (χ3n) is 2.82. The summed E-state index contributed by atoms with van der Waals surface area (Å²) in [5.74, 6) is 0.662. The second kappa shape index (κ2) is 6.02. The first kappa shape index (κ1) is 13.8. The van der Waals surface area contributed by atoms with Crippen LogP contribution < -0.4 is 4.74 Å². The highest BCUT2D eigenvalue weighted by molar-refractivity contribution is 9.10. The molecule has 0 spiro atoms. The Labute approximate surface area is 121 Å². The molecular weight excluding hydrogens is 304 g/mol. The first-order valence-electron chi connectivity index (χ1n) is 6.10. The maximum absolute atomic E-state index is 12.2. The van der Waals surface area contributed by atoms with Crippen LogP contribution in [-0.4, -0.2) is 11.9 Å². The number of ether oxygens (including phenoxy) is 1. The van der Waals surface area contributed by atoms with Crippen molar-refractivity contribution in [3.63, 3.8) is 0 Å². The highest BCUT2D eigenvalue weighted by atomic mass is 79.9. The minimum Gasteiger partial charge on any atom is -0.481 e. The third-order valence-corrected chi connectivity index (χ3v) is 3.44. The van der Waals surface area contributed by atoms with Gasteiger partial charge in [0.05, 0.1) is 4.47 Å². The molecule has 2 aromatic rings. The van der Waals surface area contributed by atoms with E-state index in [1.54, 1.807) is 19.1 Å². The van der Waals surface area contributed by atoms with Crippen molar-refractivity contribution < 1.29 is 9.53 Å². The second-order valence-corrected chi connectivity index (χ2v) is 5.28. The first-order valence-corrected chi connectivity index (χ1v) is 6.89. The summed E-state index contributed by atoms with van der Waals surface area (Å²) in [5.41, 5.74) is 1.81. The van der Waals surface area contributed by atoms with E-state index < -0.39 is 6.10 Å². The molecule has 0 heterocycles. The molecule has 0 saturated heterocycles. The maximum Gasteiger partial charge on any atom is 0.202 e. The van der Waals surface area contributed by atoms with Gasteiger partial charge in [-0.1, -0.05) is 36.4 Å². The molecule has 3 heteroatoms. The first-order chi connectivity index (χ1) is 9.08. The van der Waals surface area contributed by atoms with Crippen molar-refractivity contribution in [3.05, 3.63) is 64.1 Å². The molecule has 19 heavy (non-hydrogen) atoms. The maximum atomic E-state index is 12.2. The Kier molecular flexibility index (Phi) is 4.38. The largest absolute Gasteiger partial charge is 0.481 e. The molecule has 0 aliphatic rings. The van der Waals surface area contributed by atoms with E-state index in [4.69, 9.17) is 4.74 Å². The van der Waals surface area contributed by atoms with E-state index in [-0.39, 0.29) is 5.78 Å². The van der Waals surface area contributed by atoms with Gasteiger partial charge >= 0.3 is 0 Å². The summed E-state index contributed by atoms with van der Waals surface area (Å²) in [5, 5.41) is 0. The van der Waals surface area contributed by atoms with E-state index in [1.165, 1.54) is 0 Å². The van der Waals surface area contributed by atoms with Gasteiger partial charge in [0.1, 0.15) is 5.75 Å². The lowest BCUT2D eigenvalue weighted by atomic mass is 10.1. The average molecular weight is 319 g/mol. The number of rotatable bonds is 4. The molecule has 0 amide bonds. The molecule has 0 fully saturated rings. The van der Waals surface area contributed by atoms with E-state index in [2.05, 4.69) is 15.9 Å². The van der Waals surface area contributed by atoms with Crippen LogP contribution in [0, 0.1) is 6.92 Å². The zero-order valence-corrected chi connectivity index (χ0v) is 12.5. The van der Waals surface area contributed by atoms with E-state index in [0.29, 0.717) is 11.3 Å². The minimum atomic E-state index is -0.513. The van der Waals surface area contributed by atoms with Gasteiger partial charge in [-0.3, -0.25) is 4.79 Å². The van der Waals surface area contributed by atoms with Crippen LogP contribution in [0.4, 0.5) is 0 Å². The van der Waals surface area contributed by atoms with Crippen LogP contribution in [0.2, 0.25) is 0 Å². The third kappa shape index (κ3) is 3.44. The fourth-order valence-electron chi connectivity index (χ4n) is 1.78. The summed E-state index contributed by atoms with van der Waals surface area (Å²) in [6, 6.07) is 15.0. The Bertz CT molecular complexity index is 579. The standard InChI is InChI=1S/C16H15BrO2/c1-11-8-9-15(14(17)10-11)19-12(2)16(18)13-6-4-3-5-7-13/h3-10,12H,1-2H3/t12-/m1/s1. The number of ketones is 1. The molecule has 2 rings (SSSR count). The number of aryl methyl sites for hydroxylation is 1. The molecule has 0 aliphatic carbocycles. The lowest BCUT2D eigenvalue weighted by Gasteiger charge is -2.15. The Balaban J connectivity index is 2.13. The van der Waals surface area contributed by atoms with Gasteiger partial charge in [0.15, 0.2) is 6.10 Å². The van der Waals surface area contributed by atoms with Crippen LogP contribution in [-0.2, 0) is 0 Å². The van der Waals surface area contributed by atoms with Crippen LogP contribution in [0.3, 0.4) is 0 Å². The summed E-state index contributed by atoms with van der Waals surface area (Å²) < 4.78 is 6.58. The van der Waals surface area contributed by atoms with Gasteiger partial charge < -0.3 is 4.74 Å². The van der Waals surface area contributed by atoms with Crippen molar-refractivity contribution in [1.29, 1.82) is 0 Å². The molecule has 2 aromatic carbocycles. The van der Waals surface area contributed by atoms with Crippen molar-refractivity contribution in [2.45, 2.75) is 20.0 Å². The lowest BCUT2D eigenvalue weighted by molar-refractivity contribution is 0.0817. The molecule has 0 bridgehead atoms. The van der Waals surface area contributed by atoms with Crippen LogP contribution >= 0.6 is 15.9 Å². The zero-order chi connectivity index (χ0) is 13.8. The summed E-state index contributed by atoms with van der Waals surface area (Å²) in [4.78, 5) is 12.2. The molecule has 0 aliphatic heterocycles. The van der Waals surface area contributed by atoms with Crippen LogP contribution in [0.25, 0.3) is 0 Å². The Morgan fingerprint density at radius 3 is 2.47 bits per heavy atom. The highest BCUT2D eigenvalue weighted by Gasteiger charge is 2.17. The molecular formula is C16H15BrO2. The summed E-state index contributed by atoms with van der Waals surface area (Å²) in [7, 11) is 0. The summed E-state index contributed by atoms with van der Waals surface area (Å²) in [6.07, 6.45) is -0.513. The average Bonchev–Trinajstić information content (AvgIpc) is 2.42. The number of benzene rings is 2. The van der Waals surface area contributed by atoms with Gasteiger partial charge in [0, 0.05) is 5.56 Å². The Hall–Kier alpha value is -1.61. The van der Waals surface area contributed by atoms with E-state index >= 15 is 0 Å². The fourth-order valence-corrected chi connectivity index (χ4v) is 2.37. The minimum absolute atomic E-state index is 0.0203. The smallest absolute Gasteiger partial charge is 0.202 e. The van der Waals surface area contributed by atoms with Gasteiger partial charge in [-0.05, 0) is 47.5 Å². The molecule has 0 aromatic heterocycles. The van der Waals surface area contributed by atoms with E-state index in [9.17, 15) is 4.79 Å². The molecule has 0 unspecified atom stereocenters. The lowest BCUT2D eigenvalue weighted by Crippen LogP contribution is -2.24. The van der Waals surface area contributed by atoms with Gasteiger partial charge in [-0.2, -0.15) is 0 Å². The predicted molar refractivity (Wildman–Crippen MR) is 79.7 cm³/mol. The van der Waals surface area contributed by atoms with Crippen molar-refractivity contribution in [1.82, 2.24) is 0 Å². The van der Waals surface area contributed by atoms with Crippen molar-refractivity contribution in [2.75, 3.05) is 0 Å². The van der Waals surface area contributed by atoms with E-state index in [0.717, 1.165) is 10.0 Å². The van der Waals surface area contributed by atoms with Crippen molar-refractivity contribution >= 4 is 21.7 Å². The molecule has 1 atom stereocenters. The molecule has 2 nitrogen and oxygen atoms in total. The van der Waals surface area contributed by atoms with Crippen LogP contribution in [0.15, 0.2) is 53.0 Å². The highest BCUT2D eigenvalue weighted by Crippen LogP contribution is 2.27. The van der Waals surface area contributed by atoms with Gasteiger partial charge in [-0.25, -0.2) is 0 Å². The van der Waals surface area contributed by atoms with Gasteiger partial charge in [0.2, 0.25) is 5.78 Å². The Morgan fingerprint density at radius 1 is 1.16 bits per heavy atom. The molecule has 0 N–H and O–H groups in total. The van der Waals surface area contributed by atoms with Crippen molar-refractivity contribution in [2.24, 2.45) is 0 Å². The topological polar surface area (TPSA) is 26.3 Å². The number of carbonyl (C=O) groups excluding carboxylic acids is 1. The zero-order valence-electron chi connectivity index (χ0n) is 10.9. The summed E-state index contributed by atoms with van der Waals surface area (Å²) in [6.45, 7) is 3.77. The number of hydrogen-bond acceptors (Lipinski definition) is 2. The number of carbonyl (C=O) groups is 1. The quantitative estimate of drug-likeness (QED) is 0.781.